The van der Waals surface area contributed by atoms with Gasteiger partial charge in [0.25, 0.3) is 0 Å². The molecule has 0 aliphatic carbocycles. The molecule has 1 fully saturated rings. The largest absolute Gasteiger partial charge is 0.381 e. The number of nitrogens with zero attached hydrogens (tertiary/aromatic N) is 1. The molecule has 2 N–H and O–H groups in total. The Kier molecular flexibility index (Phi) is 4.04. The Morgan fingerprint density at radius 1 is 1.47 bits per heavy atom. The van der Waals surface area contributed by atoms with E-state index < -0.39 is 15.6 Å². The van der Waals surface area contributed by atoms with E-state index in [1.54, 1.807) is 0 Å². The van der Waals surface area contributed by atoms with E-state index in [4.69, 9.17) is 19.9 Å². The van der Waals surface area contributed by atoms with Gasteiger partial charge in [-0.3, -0.25) is 0 Å². The molecule has 0 unspecified atom stereocenters. The Hall–Kier alpha value is -0.680. The van der Waals surface area contributed by atoms with Crippen LogP contribution in [0.4, 0.5) is 0 Å². The SMILES string of the molecule is N#CC1(OCCS(N)(=O)=O)CCOCC1. The van der Waals surface area contributed by atoms with Gasteiger partial charge in [-0.15, -0.1) is 0 Å². The van der Waals surface area contributed by atoms with E-state index in [1.807, 2.05) is 0 Å². The lowest BCUT2D eigenvalue weighted by Gasteiger charge is -2.30. The summed E-state index contributed by atoms with van der Waals surface area (Å²) in [6, 6.07) is 2.07. The van der Waals surface area contributed by atoms with E-state index in [1.165, 1.54) is 0 Å². The zero-order valence-corrected chi connectivity index (χ0v) is 9.12. The fourth-order valence-electron chi connectivity index (χ4n) is 1.34. The maximum absolute atomic E-state index is 10.7. The van der Waals surface area contributed by atoms with E-state index in [9.17, 15) is 8.42 Å². The fourth-order valence-corrected chi connectivity index (χ4v) is 1.66. The minimum Gasteiger partial charge on any atom is -0.381 e. The highest BCUT2D eigenvalue weighted by Gasteiger charge is 2.33. The van der Waals surface area contributed by atoms with Gasteiger partial charge in [-0.2, -0.15) is 5.26 Å². The average Bonchev–Trinajstić information content (AvgIpc) is 2.17. The van der Waals surface area contributed by atoms with Gasteiger partial charge in [0.05, 0.1) is 31.6 Å². The van der Waals surface area contributed by atoms with Gasteiger partial charge in [-0.05, 0) is 0 Å². The van der Waals surface area contributed by atoms with Crippen LogP contribution in [0.15, 0.2) is 0 Å². The molecule has 0 aromatic heterocycles. The summed E-state index contributed by atoms with van der Waals surface area (Å²) >= 11 is 0. The summed E-state index contributed by atoms with van der Waals surface area (Å²) < 4.78 is 31.7. The van der Waals surface area contributed by atoms with Crippen LogP contribution in [0.2, 0.25) is 0 Å². The summed E-state index contributed by atoms with van der Waals surface area (Å²) in [5.41, 5.74) is -0.900. The second kappa shape index (κ2) is 4.90. The first-order valence-corrected chi connectivity index (χ1v) is 6.32. The fraction of sp³-hybridized carbons (Fsp3) is 0.875. The van der Waals surface area contributed by atoms with E-state index >= 15 is 0 Å². The van der Waals surface area contributed by atoms with Gasteiger partial charge in [0.1, 0.15) is 0 Å². The van der Waals surface area contributed by atoms with E-state index in [0.717, 1.165) is 0 Å². The van der Waals surface area contributed by atoms with Gasteiger partial charge >= 0.3 is 0 Å². The molecule has 86 valence electrons. The van der Waals surface area contributed by atoms with Crippen molar-refractivity contribution in [3.8, 4) is 6.07 Å². The van der Waals surface area contributed by atoms with Crippen LogP contribution < -0.4 is 5.14 Å². The van der Waals surface area contributed by atoms with E-state index in [-0.39, 0.29) is 12.4 Å². The normalized spacial score (nSPS) is 20.8. The molecule has 15 heavy (non-hydrogen) atoms. The zero-order chi connectivity index (χ0) is 11.4. The van der Waals surface area contributed by atoms with Crippen molar-refractivity contribution in [2.24, 2.45) is 5.14 Å². The Balaban J connectivity index is 2.44. The summed E-state index contributed by atoms with van der Waals surface area (Å²) in [7, 11) is -3.53. The van der Waals surface area contributed by atoms with Crippen LogP contribution in [-0.2, 0) is 19.5 Å². The van der Waals surface area contributed by atoms with Crippen molar-refractivity contribution >= 4 is 10.0 Å². The molecule has 0 saturated carbocycles. The first-order valence-electron chi connectivity index (χ1n) is 4.61. The van der Waals surface area contributed by atoms with Gasteiger partial charge in [0.15, 0.2) is 5.60 Å². The van der Waals surface area contributed by atoms with Crippen LogP contribution in [0.1, 0.15) is 12.8 Å². The molecule has 0 bridgehead atoms. The van der Waals surface area contributed by atoms with Crippen LogP contribution in [0.25, 0.3) is 0 Å². The minimum absolute atomic E-state index is 0.0492. The van der Waals surface area contributed by atoms with Crippen molar-refractivity contribution in [2.75, 3.05) is 25.6 Å². The second-order valence-electron chi connectivity index (χ2n) is 3.43. The predicted octanol–water partition coefficient (Wildman–Crippen LogP) is -0.636. The number of rotatable bonds is 4. The quantitative estimate of drug-likeness (QED) is 0.697. The average molecular weight is 234 g/mol. The van der Waals surface area contributed by atoms with Crippen molar-refractivity contribution in [2.45, 2.75) is 18.4 Å². The summed E-state index contributed by atoms with van der Waals surface area (Å²) in [6.07, 6.45) is 0.933. The first-order chi connectivity index (χ1) is 6.97. The number of primary sulfonamides is 1. The number of sulfonamides is 1. The molecule has 0 aromatic carbocycles. The second-order valence-corrected chi connectivity index (χ2v) is 5.17. The van der Waals surface area contributed by atoms with Gasteiger partial charge < -0.3 is 9.47 Å². The number of hydrogen-bond donors (Lipinski definition) is 1. The molecule has 0 atom stereocenters. The standard InChI is InChI=1S/C8H14N2O4S/c9-7-8(1-3-13-4-2-8)14-5-6-15(10,11)12/h1-6H2,(H2,10,11,12). The Bertz CT molecular complexity index is 340. The molecular formula is C8H14N2O4S. The molecule has 1 rings (SSSR count). The Morgan fingerprint density at radius 3 is 2.53 bits per heavy atom. The van der Waals surface area contributed by atoms with Gasteiger partial charge in [0, 0.05) is 12.8 Å². The lowest BCUT2D eigenvalue weighted by atomic mass is 9.96. The highest BCUT2D eigenvalue weighted by molar-refractivity contribution is 7.89. The number of ether oxygens (including phenoxy) is 2. The molecule has 6 nitrogen and oxygen atoms in total. The van der Waals surface area contributed by atoms with Crippen molar-refractivity contribution in [3.63, 3.8) is 0 Å². The third-order valence-corrected chi connectivity index (χ3v) is 2.99. The van der Waals surface area contributed by atoms with Crippen LogP contribution in [0.3, 0.4) is 0 Å². The molecule has 0 spiro atoms. The van der Waals surface area contributed by atoms with Crippen LogP contribution >= 0.6 is 0 Å². The third-order valence-electron chi connectivity index (χ3n) is 2.25. The number of nitriles is 1. The Morgan fingerprint density at radius 2 is 2.07 bits per heavy atom. The molecule has 0 aromatic rings. The molecule has 0 amide bonds. The van der Waals surface area contributed by atoms with Gasteiger partial charge in [0.2, 0.25) is 10.0 Å². The highest BCUT2D eigenvalue weighted by atomic mass is 32.2. The lowest BCUT2D eigenvalue weighted by molar-refractivity contribution is -0.0708. The molecular weight excluding hydrogens is 220 g/mol. The summed E-state index contributed by atoms with van der Waals surface area (Å²) in [5, 5.41) is 13.8. The van der Waals surface area contributed by atoms with Crippen molar-refractivity contribution in [1.29, 1.82) is 5.26 Å². The topological polar surface area (TPSA) is 102 Å². The summed E-state index contributed by atoms with van der Waals surface area (Å²) in [5.74, 6) is -0.267. The first kappa shape index (κ1) is 12.4. The molecule has 1 aliphatic heterocycles. The van der Waals surface area contributed by atoms with E-state index in [2.05, 4.69) is 6.07 Å². The van der Waals surface area contributed by atoms with E-state index in [0.29, 0.717) is 26.1 Å². The molecule has 1 saturated heterocycles. The predicted molar refractivity (Wildman–Crippen MR) is 52.3 cm³/mol. The smallest absolute Gasteiger partial charge is 0.211 e. The van der Waals surface area contributed by atoms with Crippen LogP contribution in [0.5, 0.6) is 0 Å². The molecule has 7 heteroatoms. The third kappa shape index (κ3) is 4.13. The van der Waals surface area contributed by atoms with Gasteiger partial charge in [-0.1, -0.05) is 0 Å². The number of nitrogens with two attached hydrogens (primary N) is 1. The van der Waals surface area contributed by atoms with Crippen LogP contribution in [0, 0.1) is 11.3 Å². The minimum atomic E-state index is -3.53. The Labute approximate surface area is 89.0 Å². The highest BCUT2D eigenvalue weighted by Crippen LogP contribution is 2.23. The monoisotopic (exact) mass is 234 g/mol. The number of hydrogen-bond acceptors (Lipinski definition) is 5. The summed E-state index contributed by atoms with van der Waals surface area (Å²) in [4.78, 5) is 0. The maximum Gasteiger partial charge on any atom is 0.211 e. The lowest BCUT2D eigenvalue weighted by Crippen LogP contribution is -2.39. The van der Waals surface area contributed by atoms with Gasteiger partial charge in [-0.25, -0.2) is 13.6 Å². The van der Waals surface area contributed by atoms with Crippen molar-refractivity contribution in [1.82, 2.24) is 0 Å². The molecule has 0 radical (unpaired) electrons. The van der Waals surface area contributed by atoms with Crippen LogP contribution in [-0.4, -0.2) is 39.6 Å². The summed E-state index contributed by atoms with van der Waals surface area (Å²) in [6.45, 7) is 0.873. The van der Waals surface area contributed by atoms with Crippen molar-refractivity contribution in [3.05, 3.63) is 0 Å². The zero-order valence-electron chi connectivity index (χ0n) is 8.31. The molecule has 1 heterocycles. The van der Waals surface area contributed by atoms with Crippen molar-refractivity contribution < 1.29 is 17.9 Å². The maximum atomic E-state index is 10.7. The molecule has 1 aliphatic rings.